The number of benzene rings is 1. The zero-order chi connectivity index (χ0) is 17.5. The number of aliphatic hydroxyl groups excluding tert-OH is 1. The number of hydrogen-bond acceptors (Lipinski definition) is 5. The molecule has 5 heteroatoms. The van der Waals surface area contributed by atoms with Crippen molar-refractivity contribution in [3.8, 4) is 11.5 Å². The van der Waals surface area contributed by atoms with E-state index < -0.39 is 6.10 Å². The van der Waals surface area contributed by atoms with Gasteiger partial charge in [0.05, 0.1) is 26.9 Å². The van der Waals surface area contributed by atoms with Gasteiger partial charge in [-0.3, -0.25) is 4.90 Å². The highest BCUT2D eigenvalue weighted by atomic mass is 16.5. The Bertz CT molecular complexity index is 480. The van der Waals surface area contributed by atoms with Crippen molar-refractivity contribution in [2.75, 3.05) is 34.0 Å². The van der Waals surface area contributed by atoms with Gasteiger partial charge in [-0.1, -0.05) is 13.8 Å². The molecular formula is C19H31NO4. The SMILES string of the molecule is COc1cc(CN(CC(O)COCC(C)C)C2CC2)cc(OC)c1. The third-order valence-corrected chi connectivity index (χ3v) is 4.07. The third-order valence-electron chi connectivity index (χ3n) is 4.07. The van der Waals surface area contributed by atoms with Crippen molar-refractivity contribution >= 4 is 0 Å². The monoisotopic (exact) mass is 337 g/mol. The van der Waals surface area contributed by atoms with E-state index in [4.69, 9.17) is 14.2 Å². The molecule has 136 valence electrons. The van der Waals surface area contributed by atoms with Gasteiger partial charge in [-0.2, -0.15) is 0 Å². The van der Waals surface area contributed by atoms with Crippen LogP contribution in [0.15, 0.2) is 18.2 Å². The lowest BCUT2D eigenvalue weighted by Crippen LogP contribution is -2.36. The Morgan fingerprint density at radius 3 is 2.21 bits per heavy atom. The summed E-state index contributed by atoms with van der Waals surface area (Å²) in [7, 11) is 3.32. The van der Waals surface area contributed by atoms with Crippen molar-refractivity contribution < 1.29 is 19.3 Å². The van der Waals surface area contributed by atoms with Gasteiger partial charge in [-0.05, 0) is 36.5 Å². The average Bonchev–Trinajstić information content (AvgIpc) is 3.38. The molecule has 0 heterocycles. The van der Waals surface area contributed by atoms with Crippen LogP contribution in [0.3, 0.4) is 0 Å². The molecule has 0 radical (unpaired) electrons. The molecule has 0 saturated heterocycles. The van der Waals surface area contributed by atoms with Gasteiger partial charge < -0.3 is 19.3 Å². The maximum absolute atomic E-state index is 10.3. The van der Waals surface area contributed by atoms with Crippen molar-refractivity contribution in [3.05, 3.63) is 23.8 Å². The molecule has 5 nitrogen and oxygen atoms in total. The van der Waals surface area contributed by atoms with Crippen LogP contribution < -0.4 is 9.47 Å². The molecule has 1 aromatic carbocycles. The van der Waals surface area contributed by atoms with Crippen molar-refractivity contribution in [2.45, 2.75) is 45.4 Å². The summed E-state index contributed by atoms with van der Waals surface area (Å²) in [6.45, 7) is 6.70. The maximum atomic E-state index is 10.3. The minimum atomic E-state index is -0.461. The number of hydrogen-bond donors (Lipinski definition) is 1. The second-order valence-electron chi connectivity index (χ2n) is 6.97. The zero-order valence-corrected chi connectivity index (χ0v) is 15.3. The van der Waals surface area contributed by atoms with E-state index in [1.807, 2.05) is 18.2 Å². The summed E-state index contributed by atoms with van der Waals surface area (Å²) in [5, 5.41) is 10.3. The Kier molecular flexibility index (Phi) is 7.34. The molecule has 0 aromatic heterocycles. The van der Waals surface area contributed by atoms with Gasteiger partial charge in [0, 0.05) is 31.8 Å². The van der Waals surface area contributed by atoms with Gasteiger partial charge in [0.2, 0.25) is 0 Å². The summed E-state index contributed by atoms with van der Waals surface area (Å²) in [6, 6.07) is 6.49. The fraction of sp³-hybridized carbons (Fsp3) is 0.684. The van der Waals surface area contributed by atoms with Crippen LogP contribution in [0.2, 0.25) is 0 Å². The van der Waals surface area contributed by atoms with E-state index in [2.05, 4.69) is 18.7 Å². The minimum Gasteiger partial charge on any atom is -0.497 e. The second kappa shape index (κ2) is 9.25. The molecule has 1 saturated carbocycles. The first-order chi connectivity index (χ1) is 11.5. The topological polar surface area (TPSA) is 51.2 Å². The molecule has 0 spiro atoms. The summed E-state index contributed by atoms with van der Waals surface area (Å²) in [5.41, 5.74) is 1.13. The lowest BCUT2D eigenvalue weighted by molar-refractivity contribution is 0.00546. The first-order valence-electron chi connectivity index (χ1n) is 8.73. The highest BCUT2D eigenvalue weighted by Crippen LogP contribution is 2.30. The average molecular weight is 337 g/mol. The van der Waals surface area contributed by atoms with E-state index in [1.54, 1.807) is 14.2 Å². The van der Waals surface area contributed by atoms with E-state index in [9.17, 15) is 5.11 Å². The number of rotatable bonds is 11. The van der Waals surface area contributed by atoms with Gasteiger partial charge in [-0.25, -0.2) is 0 Å². The Balaban J connectivity index is 1.93. The van der Waals surface area contributed by atoms with Crippen molar-refractivity contribution in [3.63, 3.8) is 0 Å². The quantitative estimate of drug-likeness (QED) is 0.673. The van der Waals surface area contributed by atoms with Gasteiger partial charge >= 0.3 is 0 Å². The lowest BCUT2D eigenvalue weighted by atomic mass is 10.1. The van der Waals surface area contributed by atoms with Crippen LogP contribution in [0, 0.1) is 5.92 Å². The number of aliphatic hydroxyl groups is 1. The van der Waals surface area contributed by atoms with E-state index in [1.165, 1.54) is 12.8 Å². The lowest BCUT2D eigenvalue weighted by Gasteiger charge is -2.25. The fourth-order valence-electron chi connectivity index (χ4n) is 2.74. The summed E-state index contributed by atoms with van der Waals surface area (Å²) in [4.78, 5) is 2.33. The highest BCUT2D eigenvalue weighted by Gasteiger charge is 2.30. The summed E-state index contributed by atoms with van der Waals surface area (Å²) in [5.74, 6) is 2.07. The van der Waals surface area contributed by atoms with E-state index >= 15 is 0 Å². The van der Waals surface area contributed by atoms with Crippen LogP contribution in [0.1, 0.15) is 32.3 Å². The first kappa shape index (κ1) is 19.0. The van der Waals surface area contributed by atoms with E-state index in [0.29, 0.717) is 31.7 Å². The van der Waals surface area contributed by atoms with Crippen molar-refractivity contribution in [2.24, 2.45) is 5.92 Å². The van der Waals surface area contributed by atoms with Gasteiger partial charge in [0.1, 0.15) is 11.5 Å². The van der Waals surface area contributed by atoms with Gasteiger partial charge in [0.15, 0.2) is 0 Å². The van der Waals surface area contributed by atoms with Gasteiger partial charge in [0.25, 0.3) is 0 Å². The van der Waals surface area contributed by atoms with Gasteiger partial charge in [-0.15, -0.1) is 0 Å². The van der Waals surface area contributed by atoms with Crippen LogP contribution in [0.25, 0.3) is 0 Å². The molecule has 1 aliphatic carbocycles. The predicted octanol–water partition coefficient (Wildman–Crippen LogP) is 2.70. The Labute approximate surface area is 145 Å². The maximum Gasteiger partial charge on any atom is 0.122 e. The fourth-order valence-corrected chi connectivity index (χ4v) is 2.74. The Hall–Kier alpha value is -1.30. The van der Waals surface area contributed by atoms with Crippen molar-refractivity contribution in [1.82, 2.24) is 4.90 Å². The molecule has 1 aliphatic rings. The van der Waals surface area contributed by atoms with Crippen molar-refractivity contribution in [1.29, 1.82) is 0 Å². The molecule has 1 atom stereocenters. The molecule has 1 N–H and O–H groups in total. The molecule has 1 unspecified atom stereocenters. The second-order valence-corrected chi connectivity index (χ2v) is 6.97. The molecule has 2 rings (SSSR count). The molecule has 0 amide bonds. The third kappa shape index (κ3) is 6.30. The van der Waals surface area contributed by atoms with Crippen LogP contribution in [-0.2, 0) is 11.3 Å². The van der Waals surface area contributed by atoms with Crippen LogP contribution >= 0.6 is 0 Å². The number of ether oxygens (including phenoxy) is 3. The van der Waals surface area contributed by atoms with Crippen LogP contribution in [0.5, 0.6) is 11.5 Å². The van der Waals surface area contributed by atoms with E-state index in [0.717, 1.165) is 23.6 Å². The number of methoxy groups -OCH3 is 2. The highest BCUT2D eigenvalue weighted by molar-refractivity contribution is 5.38. The van der Waals surface area contributed by atoms with Crippen LogP contribution in [-0.4, -0.2) is 56.1 Å². The molecule has 1 fully saturated rings. The molecular weight excluding hydrogens is 306 g/mol. The summed E-state index contributed by atoms with van der Waals surface area (Å²) >= 11 is 0. The zero-order valence-electron chi connectivity index (χ0n) is 15.3. The molecule has 0 bridgehead atoms. The predicted molar refractivity (Wildman–Crippen MR) is 94.6 cm³/mol. The van der Waals surface area contributed by atoms with Crippen LogP contribution in [0.4, 0.5) is 0 Å². The smallest absolute Gasteiger partial charge is 0.122 e. The minimum absolute atomic E-state index is 0.392. The Morgan fingerprint density at radius 1 is 1.08 bits per heavy atom. The summed E-state index contributed by atoms with van der Waals surface area (Å²) < 4.78 is 16.3. The molecule has 24 heavy (non-hydrogen) atoms. The number of nitrogens with zero attached hydrogens (tertiary/aromatic N) is 1. The largest absolute Gasteiger partial charge is 0.497 e. The normalized spacial score (nSPS) is 15.8. The Morgan fingerprint density at radius 2 is 1.71 bits per heavy atom. The molecule has 0 aliphatic heterocycles. The standard InChI is InChI=1S/C19H31NO4/c1-14(2)12-24-13-17(21)11-20(16-5-6-16)10-15-7-18(22-3)9-19(8-15)23-4/h7-9,14,16-17,21H,5-6,10-13H2,1-4H3. The van der Waals surface area contributed by atoms with E-state index in [-0.39, 0.29) is 0 Å². The molecule has 1 aromatic rings. The summed E-state index contributed by atoms with van der Waals surface area (Å²) in [6.07, 6.45) is 1.93. The first-order valence-corrected chi connectivity index (χ1v) is 8.73.